The molecule has 2 N–H and O–H groups in total. The van der Waals surface area contributed by atoms with Crippen molar-refractivity contribution in [3.8, 4) is 0 Å². The summed E-state index contributed by atoms with van der Waals surface area (Å²) in [7, 11) is 0. The average molecular weight is 382 g/mol. The largest absolute Gasteiger partial charge is 0.392 e. The van der Waals surface area contributed by atoms with Crippen molar-refractivity contribution in [2.45, 2.75) is 110 Å². The van der Waals surface area contributed by atoms with Gasteiger partial charge < -0.3 is 10.2 Å². The first-order valence-electron chi connectivity index (χ1n) is 11.4. The number of aliphatic hydroxyl groups is 2. The summed E-state index contributed by atoms with van der Waals surface area (Å²) in [6.45, 7) is 8.16. The first kappa shape index (κ1) is 26.4. The maximum Gasteiger partial charge on any atom is 0.0639 e. The van der Waals surface area contributed by atoms with E-state index in [1.165, 1.54) is 70.6 Å². The minimum absolute atomic E-state index is 0.329. The molecule has 0 aliphatic carbocycles. The van der Waals surface area contributed by atoms with E-state index in [1.807, 2.05) is 13.8 Å². The molecule has 0 amide bonds. The highest BCUT2D eigenvalue weighted by molar-refractivity contribution is 4.88. The Hall–Kier alpha value is -0.640. The van der Waals surface area contributed by atoms with Crippen molar-refractivity contribution in [1.82, 2.24) is 4.90 Å². The lowest BCUT2D eigenvalue weighted by atomic mass is 10.1. The van der Waals surface area contributed by atoms with Gasteiger partial charge in [0, 0.05) is 13.1 Å². The maximum absolute atomic E-state index is 9.54. The highest BCUT2D eigenvalue weighted by atomic mass is 16.3. The van der Waals surface area contributed by atoms with Crippen LogP contribution in [0.2, 0.25) is 0 Å². The number of rotatable bonds is 19. The van der Waals surface area contributed by atoms with Gasteiger partial charge in [-0.2, -0.15) is 0 Å². The van der Waals surface area contributed by atoms with Gasteiger partial charge in [-0.05, 0) is 65.3 Å². The van der Waals surface area contributed by atoms with Crippen LogP contribution in [-0.4, -0.2) is 47.0 Å². The summed E-state index contributed by atoms with van der Waals surface area (Å²) < 4.78 is 0. The molecule has 0 aromatic carbocycles. The molecule has 0 aromatic rings. The average Bonchev–Trinajstić information content (AvgIpc) is 2.60. The van der Waals surface area contributed by atoms with Gasteiger partial charge in [0.05, 0.1) is 12.2 Å². The molecule has 0 heterocycles. The Morgan fingerprint density at radius 1 is 0.630 bits per heavy atom. The summed E-state index contributed by atoms with van der Waals surface area (Å²) >= 11 is 0. The van der Waals surface area contributed by atoms with Crippen LogP contribution in [0, 0.1) is 0 Å². The Bertz CT molecular complexity index is 340. The topological polar surface area (TPSA) is 43.7 Å². The molecule has 0 saturated carbocycles. The predicted molar refractivity (Wildman–Crippen MR) is 119 cm³/mol. The van der Waals surface area contributed by atoms with Gasteiger partial charge in [0.2, 0.25) is 0 Å². The molecule has 0 fully saturated rings. The van der Waals surface area contributed by atoms with E-state index in [2.05, 4.69) is 36.1 Å². The number of hydrogen-bond donors (Lipinski definition) is 2. The molecule has 27 heavy (non-hydrogen) atoms. The fraction of sp³-hybridized carbons (Fsp3) is 0.833. The van der Waals surface area contributed by atoms with Crippen molar-refractivity contribution in [2.75, 3.05) is 19.6 Å². The summed E-state index contributed by atoms with van der Waals surface area (Å²) in [4.78, 5) is 2.17. The van der Waals surface area contributed by atoms with Crippen LogP contribution in [0.15, 0.2) is 24.3 Å². The molecule has 0 aliphatic rings. The highest BCUT2D eigenvalue weighted by Gasteiger charge is 2.10. The van der Waals surface area contributed by atoms with Crippen LogP contribution in [0.1, 0.15) is 97.8 Å². The van der Waals surface area contributed by atoms with Crippen LogP contribution in [0.4, 0.5) is 0 Å². The van der Waals surface area contributed by atoms with Crippen molar-refractivity contribution in [1.29, 1.82) is 0 Å². The number of allylic oxidation sites excluding steroid dienone is 4. The molecule has 0 saturated heterocycles. The fourth-order valence-electron chi connectivity index (χ4n) is 3.31. The van der Waals surface area contributed by atoms with Gasteiger partial charge in [-0.25, -0.2) is 0 Å². The Kier molecular flexibility index (Phi) is 19.6. The summed E-state index contributed by atoms with van der Waals surface area (Å²) in [5, 5.41) is 19.1. The van der Waals surface area contributed by atoms with Crippen LogP contribution in [0.25, 0.3) is 0 Å². The molecule has 2 atom stereocenters. The second-order valence-electron chi connectivity index (χ2n) is 8.03. The molecule has 0 bridgehead atoms. The third-order valence-electron chi connectivity index (χ3n) is 4.70. The SMILES string of the molecule is CCCCCCC=CCCC=CCCCCCCN(CC(C)O)CC(C)O. The van der Waals surface area contributed by atoms with E-state index in [-0.39, 0.29) is 12.2 Å². The predicted octanol–water partition coefficient (Wildman–Crippen LogP) is 5.86. The van der Waals surface area contributed by atoms with E-state index in [0.29, 0.717) is 13.1 Å². The Morgan fingerprint density at radius 2 is 1.07 bits per heavy atom. The lowest BCUT2D eigenvalue weighted by Gasteiger charge is -2.24. The molecule has 0 aromatic heterocycles. The Labute approximate surface area is 169 Å². The lowest BCUT2D eigenvalue weighted by molar-refractivity contribution is 0.0825. The lowest BCUT2D eigenvalue weighted by Crippen LogP contribution is -2.36. The molecule has 0 aliphatic heterocycles. The number of aliphatic hydroxyl groups excluding tert-OH is 2. The van der Waals surface area contributed by atoms with Gasteiger partial charge >= 0.3 is 0 Å². The summed E-state index contributed by atoms with van der Waals surface area (Å²) in [6, 6.07) is 0. The van der Waals surface area contributed by atoms with Gasteiger partial charge in [0.15, 0.2) is 0 Å². The van der Waals surface area contributed by atoms with Crippen molar-refractivity contribution < 1.29 is 10.2 Å². The number of hydrogen-bond acceptors (Lipinski definition) is 3. The van der Waals surface area contributed by atoms with Gasteiger partial charge in [-0.3, -0.25) is 4.90 Å². The number of unbranched alkanes of at least 4 members (excludes halogenated alkanes) is 9. The zero-order chi connectivity index (χ0) is 20.2. The standard InChI is InChI=1S/C24H47NO2/c1-4-5-6-7-8-9-10-11-12-13-14-15-16-17-18-19-20-25(21-23(2)26)22-24(3)27/h9-10,13-14,23-24,26-27H,4-8,11-12,15-22H2,1-3H3. The zero-order valence-electron chi connectivity index (χ0n) is 18.4. The highest BCUT2D eigenvalue weighted by Crippen LogP contribution is 2.07. The van der Waals surface area contributed by atoms with Crippen LogP contribution in [0.3, 0.4) is 0 Å². The molecular weight excluding hydrogens is 334 g/mol. The normalized spacial score (nSPS) is 14.6. The van der Waals surface area contributed by atoms with E-state index in [0.717, 1.165) is 13.0 Å². The quantitative estimate of drug-likeness (QED) is 0.217. The summed E-state index contributed by atoms with van der Waals surface area (Å²) in [5.74, 6) is 0. The summed E-state index contributed by atoms with van der Waals surface area (Å²) in [6.07, 6.45) is 23.8. The smallest absolute Gasteiger partial charge is 0.0639 e. The van der Waals surface area contributed by atoms with Gasteiger partial charge in [-0.15, -0.1) is 0 Å². The first-order valence-corrected chi connectivity index (χ1v) is 11.4. The van der Waals surface area contributed by atoms with Gasteiger partial charge in [-0.1, -0.05) is 63.3 Å². The van der Waals surface area contributed by atoms with Crippen LogP contribution in [-0.2, 0) is 0 Å². The molecule has 3 heteroatoms. The Morgan fingerprint density at radius 3 is 1.56 bits per heavy atom. The molecule has 0 rings (SSSR count). The summed E-state index contributed by atoms with van der Waals surface area (Å²) in [5.41, 5.74) is 0. The second-order valence-corrected chi connectivity index (χ2v) is 8.03. The van der Waals surface area contributed by atoms with Crippen molar-refractivity contribution in [3.05, 3.63) is 24.3 Å². The van der Waals surface area contributed by atoms with Crippen molar-refractivity contribution >= 4 is 0 Å². The molecule has 3 nitrogen and oxygen atoms in total. The van der Waals surface area contributed by atoms with Crippen LogP contribution < -0.4 is 0 Å². The fourth-order valence-corrected chi connectivity index (χ4v) is 3.31. The first-order chi connectivity index (χ1) is 13.1. The third-order valence-corrected chi connectivity index (χ3v) is 4.70. The van der Waals surface area contributed by atoms with Gasteiger partial charge in [0.25, 0.3) is 0 Å². The maximum atomic E-state index is 9.54. The van der Waals surface area contributed by atoms with Crippen LogP contribution in [0.5, 0.6) is 0 Å². The number of nitrogens with zero attached hydrogens (tertiary/aromatic N) is 1. The van der Waals surface area contributed by atoms with Crippen molar-refractivity contribution in [2.24, 2.45) is 0 Å². The Balaban J connectivity index is 3.49. The van der Waals surface area contributed by atoms with E-state index in [1.54, 1.807) is 0 Å². The van der Waals surface area contributed by atoms with E-state index >= 15 is 0 Å². The van der Waals surface area contributed by atoms with E-state index in [4.69, 9.17) is 0 Å². The zero-order valence-corrected chi connectivity index (χ0v) is 18.4. The molecular formula is C24H47NO2. The molecule has 160 valence electrons. The van der Waals surface area contributed by atoms with Crippen molar-refractivity contribution in [3.63, 3.8) is 0 Å². The third kappa shape index (κ3) is 21.5. The minimum atomic E-state index is -0.329. The molecule has 2 unspecified atom stereocenters. The van der Waals surface area contributed by atoms with E-state index in [9.17, 15) is 10.2 Å². The monoisotopic (exact) mass is 381 g/mol. The van der Waals surface area contributed by atoms with E-state index < -0.39 is 0 Å². The van der Waals surface area contributed by atoms with Gasteiger partial charge in [0.1, 0.15) is 0 Å². The van der Waals surface area contributed by atoms with Crippen LogP contribution >= 0.6 is 0 Å². The molecule has 0 spiro atoms. The minimum Gasteiger partial charge on any atom is -0.392 e. The second kappa shape index (κ2) is 20.1. The molecule has 0 radical (unpaired) electrons.